The third kappa shape index (κ3) is 4.89. The largest absolute Gasteiger partial charge is 0.497 e. The summed E-state index contributed by atoms with van der Waals surface area (Å²) in [6, 6.07) is 15.6. The van der Waals surface area contributed by atoms with Crippen molar-refractivity contribution in [2.24, 2.45) is 0 Å². The monoisotopic (exact) mass is 396 g/mol. The Morgan fingerprint density at radius 3 is 2.61 bits per heavy atom. The maximum Gasteiger partial charge on any atom is 0.228 e. The summed E-state index contributed by atoms with van der Waals surface area (Å²) < 4.78 is 10.9. The van der Waals surface area contributed by atoms with Gasteiger partial charge in [-0.1, -0.05) is 24.3 Å². The van der Waals surface area contributed by atoms with Gasteiger partial charge < -0.3 is 14.4 Å². The van der Waals surface area contributed by atoms with Crippen molar-refractivity contribution in [3.63, 3.8) is 0 Å². The van der Waals surface area contributed by atoms with Gasteiger partial charge in [0.2, 0.25) is 5.91 Å². The van der Waals surface area contributed by atoms with Crippen LogP contribution in [0.15, 0.2) is 53.9 Å². The van der Waals surface area contributed by atoms with E-state index in [0.29, 0.717) is 13.2 Å². The molecule has 1 heterocycles. The van der Waals surface area contributed by atoms with E-state index in [4.69, 9.17) is 9.47 Å². The first-order valence-corrected chi connectivity index (χ1v) is 10.0. The van der Waals surface area contributed by atoms with Crippen LogP contribution in [-0.4, -0.2) is 36.6 Å². The molecule has 3 aromatic rings. The molecule has 0 saturated carbocycles. The van der Waals surface area contributed by atoms with Gasteiger partial charge in [0.15, 0.2) is 0 Å². The van der Waals surface area contributed by atoms with E-state index in [0.717, 1.165) is 33.3 Å². The maximum atomic E-state index is 12.6. The van der Waals surface area contributed by atoms with Crippen molar-refractivity contribution < 1.29 is 14.3 Å². The normalized spacial score (nSPS) is 10.5. The number of aromatic nitrogens is 1. The van der Waals surface area contributed by atoms with Crippen molar-refractivity contribution in [1.29, 1.82) is 0 Å². The first-order chi connectivity index (χ1) is 13.6. The molecule has 1 amide bonds. The van der Waals surface area contributed by atoms with Gasteiger partial charge in [-0.05, 0) is 36.8 Å². The molecule has 5 nitrogen and oxygen atoms in total. The third-order valence-electron chi connectivity index (χ3n) is 4.31. The van der Waals surface area contributed by atoms with Crippen LogP contribution in [0.3, 0.4) is 0 Å². The molecule has 0 aliphatic heterocycles. The molecule has 6 heteroatoms. The Balaban J connectivity index is 1.64. The fourth-order valence-corrected chi connectivity index (χ4v) is 3.67. The number of benzene rings is 2. The van der Waals surface area contributed by atoms with E-state index < -0.39 is 0 Å². The number of thiazole rings is 1. The van der Waals surface area contributed by atoms with Crippen LogP contribution < -0.4 is 9.47 Å². The van der Waals surface area contributed by atoms with Crippen LogP contribution in [0.1, 0.15) is 18.2 Å². The fourth-order valence-electron chi connectivity index (χ4n) is 2.82. The van der Waals surface area contributed by atoms with Crippen molar-refractivity contribution >= 4 is 17.2 Å². The first-order valence-electron chi connectivity index (χ1n) is 9.14. The molecule has 146 valence electrons. The SMILES string of the molecule is CCOc1ccccc1-c1nc(CC(=O)N(C)Cc2ccc(OC)cc2)cs1. The van der Waals surface area contributed by atoms with Gasteiger partial charge >= 0.3 is 0 Å². The number of para-hydroxylation sites is 1. The average Bonchev–Trinajstić information content (AvgIpc) is 3.17. The van der Waals surface area contributed by atoms with Gasteiger partial charge in [-0.15, -0.1) is 11.3 Å². The predicted octanol–water partition coefficient (Wildman–Crippen LogP) is 4.42. The lowest BCUT2D eigenvalue weighted by Crippen LogP contribution is -2.27. The number of hydrogen-bond donors (Lipinski definition) is 0. The molecular weight excluding hydrogens is 372 g/mol. The molecule has 0 N–H and O–H groups in total. The highest BCUT2D eigenvalue weighted by Crippen LogP contribution is 2.32. The van der Waals surface area contributed by atoms with Gasteiger partial charge in [0, 0.05) is 19.0 Å². The van der Waals surface area contributed by atoms with Crippen LogP contribution in [-0.2, 0) is 17.8 Å². The quantitative estimate of drug-likeness (QED) is 0.566. The van der Waals surface area contributed by atoms with Crippen molar-refractivity contribution in [2.45, 2.75) is 19.9 Å². The number of rotatable bonds is 8. The lowest BCUT2D eigenvalue weighted by molar-refractivity contribution is -0.129. The van der Waals surface area contributed by atoms with Gasteiger partial charge in [0.05, 0.1) is 31.4 Å². The number of ether oxygens (including phenoxy) is 2. The number of carbonyl (C=O) groups is 1. The third-order valence-corrected chi connectivity index (χ3v) is 5.23. The number of amides is 1. The van der Waals surface area contributed by atoms with Crippen molar-refractivity contribution in [3.05, 3.63) is 65.2 Å². The molecule has 0 fully saturated rings. The Hall–Kier alpha value is -2.86. The van der Waals surface area contributed by atoms with Crippen LogP contribution in [0.4, 0.5) is 0 Å². The van der Waals surface area contributed by atoms with Gasteiger partial charge in [0.25, 0.3) is 0 Å². The molecule has 0 atom stereocenters. The summed E-state index contributed by atoms with van der Waals surface area (Å²) in [7, 11) is 3.45. The number of nitrogens with zero attached hydrogens (tertiary/aromatic N) is 2. The Kier molecular flexibility index (Phi) is 6.66. The minimum Gasteiger partial charge on any atom is -0.497 e. The van der Waals surface area contributed by atoms with E-state index in [2.05, 4.69) is 4.98 Å². The van der Waals surface area contributed by atoms with Gasteiger partial charge in [0.1, 0.15) is 16.5 Å². The summed E-state index contributed by atoms with van der Waals surface area (Å²) in [6.45, 7) is 3.11. The summed E-state index contributed by atoms with van der Waals surface area (Å²) >= 11 is 1.53. The molecule has 0 unspecified atom stereocenters. The van der Waals surface area contributed by atoms with E-state index in [1.54, 1.807) is 12.0 Å². The van der Waals surface area contributed by atoms with E-state index in [9.17, 15) is 4.79 Å². The zero-order chi connectivity index (χ0) is 19.9. The van der Waals surface area contributed by atoms with E-state index in [1.165, 1.54) is 11.3 Å². The van der Waals surface area contributed by atoms with Crippen LogP contribution in [0, 0.1) is 0 Å². The summed E-state index contributed by atoms with van der Waals surface area (Å²) in [5.41, 5.74) is 2.79. The molecule has 3 rings (SSSR count). The van der Waals surface area contributed by atoms with Gasteiger partial charge in [-0.3, -0.25) is 4.79 Å². The molecule has 0 saturated heterocycles. The number of likely N-dealkylation sites (N-methyl/N-ethyl adjacent to an activating group) is 1. The Morgan fingerprint density at radius 2 is 1.89 bits per heavy atom. The molecule has 0 aliphatic carbocycles. The zero-order valence-electron chi connectivity index (χ0n) is 16.3. The molecule has 0 spiro atoms. The highest BCUT2D eigenvalue weighted by atomic mass is 32.1. The molecule has 2 aromatic carbocycles. The fraction of sp³-hybridized carbons (Fsp3) is 0.273. The first kappa shape index (κ1) is 19.9. The lowest BCUT2D eigenvalue weighted by Gasteiger charge is -2.17. The Morgan fingerprint density at radius 1 is 1.14 bits per heavy atom. The lowest BCUT2D eigenvalue weighted by atomic mass is 10.2. The molecule has 28 heavy (non-hydrogen) atoms. The standard InChI is InChI=1S/C22H24N2O3S/c1-4-27-20-8-6-5-7-19(20)22-23-17(15-28-22)13-21(25)24(2)14-16-9-11-18(26-3)12-10-16/h5-12,15H,4,13-14H2,1-3H3. The van der Waals surface area contributed by atoms with E-state index in [1.807, 2.05) is 67.9 Å². The topological polar surface area (TPSA) is 51.7 Å². The van der Waals surface area contributed by atoms with Crippen molar-refractivity contribution in [1.82, 2.24) is 9.88 Å². The Bertz CT molecular complexity index is 922. The van der Waals surface area contributed by atoms with Crippen LogP contribution in [0.5, 0.6) is 11.5 Å². The molecule has 1 aromatic heterocycles. The Labute approximate surface area is 169 Å². The van der Waals surface area contributed by atoms with E-state index >= 15 is 0 Å². The summed E-state index contributed by atoms with van der Waals surface area (Å²) in [6.07, 6.45) is 0.278. The second-order valence-corrected chi connectivity index (χ2v) is 7.21. The zero-order valence-corrected chi connectivity index (χ0v) is 17.2. The van der Waals surface area contributed by atoms with E-state index in [-0.39, 0.29) is 12.3 Å². The van der Waals surface area contributed by atoms with Crippen molar-refractivity contribution in [3.8, 4) is 22.1 Å². The minimum atomic E-state index is 0.0331. The molecular formula is C22H24N2O3S. The van der Waals surface area contributed by atoms with Gasteiger partial charge in [-0.25, -0.2) is 4.98 Å². The van der Waals surface area contributed by atoms with Crippen LogP contribution >= 0.6 is 11.3 Å². The van der Waals surface area contributed by atoms with Crippen molar-refractivity contribution in [2.75, 3.05) is 20.8 Å². The number of hydrogen-bond acceptors (Lipinski definition) is 5. The average molecular weight is 397 g/mol. The highest BCUT2D eigenvalue weighted by molar-refractivity contribution is 7.13. The number of carbonyl (C=O) groups excluding carboxylic acids is 1. The highest BCUT2D eigenvalue weighted by Gasteiger charge is 2.15. The maximum absolute atomic E-state index is 12.6. The minimum absolute atomic E-state index is 0.0331. The molecule has 0 aliphatic rings. The van der Waals surface area contributed by atoms with Crippen LogP contribution in [0.25, 0.3) is 10.6 Å². The second kappa shape index (κ2) is 9.37. The number of methoxy groups -OCH3 is 1. The summed E-state index contributed by atoms with van der Waals surface area (Å²) in [5.74, 6) is 1.65. The second-order valence-electron chi connectivity index (χ2n) is 6.35. The molecule has 0 bridgehead atoms. The molecule has 0 radical (unpaired) electrons. The summed E-state index contributed by atoms with van der Waals surface area (Å²) in [5, 5.41) is 2.81. The van der Waals surface area contributed by atoms with Crippen LogP contribution in [0.2, 0.25) is 0 Å². The van der Waals surface area contributed by atoms with Gasteiger partial charge in [-0.2, -0.15) is 0 Å². The summed E-state index contributed by atoms with van der Waals surface area (Å²) in [4.78, 5) is 19.0. The smallest absolute Gasteiger partial charge is 0.228 e. The predicted molar refractivity (Wildman–Crippen MR) is 112 cm³/mol.